The van der Waals surface area contributed by atoms with Crippen LogP contribution in [-0.4, -0.2) is 35.6 Å². The molecule has 0 aromatic carbocycles. The molecule has 3 nitrogen and oxygen atoms in total. The molecule has 0 spiro atoms. The molecule has 3 heteroatoms. The molecular weight excluding hydrogens is 258 g/mol. The van der Waals surface area contributed by atoms with Crippen molar-refractivity contribution in [2.75, 3.05) is 13.1 Å². The average Bonchev–Trinajstić information content (AvgIpc) is 2.52. The van der Waals surface area contributed by atoms with Crippen LogP contribution in [0.4, 0.5) is 0 Å². The van der Waals surface area contributed by atoms with E-state index >= 15 is 0 Å². The van der Waals surface area contributed by atoms with Crippen molar-refractivity contribution < 1.29 is 0 Å². The van der Waals surface area contributed by atoms with Crippen LogP contribution in [0.5, 0.6) is 0 Å². The van der Waals surface area contributed by atoms with Crippen LogP contribution in [0.3, 0.4) is 0 Å². The lowest BCUT2D eigenvalue weighted by Gasteiger charge is -2.48. The highest BCUT2D eigenvalue weighted by atomic mass is 15.2. The van der Waals surface area contributed by atoms with E-state index in [-0.39, 0.29) is 5.54 Å². The van der Waals surface area contributed by atoms with Crippen LogP contribution in [0.1, 0.15) is 72.1 Å². The Morgan fingerprint density at radius 2 is 2.00 bits per heavy atom. The van der Waals surface area contributed by atoms with E-state index in [9.17, 15) is 5.26 Å². The van der Waals surface area contributed by atoms with Crippen LogP contribution < -0.4 is 5.32 Å². The van der Waals surface area contributed by atoms with Gasteiger partial charge in [-0.15, -0.1) is 0 Å². The molecule has 1 heterocycles. The molecule has 0 bridgehead atoms. The fourth-order valence-corrected chi connectivity index (χ4v) is 4.48. The van der Waals surface area contributed by atoms with Crippen molar-refractivity contribution in [2.24, 2.45) is 5.92 Å². The predicted octanol–water partition coefficient (Wildman–Crippen LogP) is 3.70. The molecule has 0 radical (unpaired) electrons. The van der Waals surface area contributed by atoms with E-state index in [1.165, 1.54) is 45.1 Å². The van der Waals surface area contributed by atoms with Gasteiger partial charge in [-0.1, -0.05) is 19.8 Å². The van der Waals surface area contributed by atoms with E-state index in [0.29, 0.717) is 6.04 Å². The fourth-order valence-electron chi connectivity index (χ4n) is 4.48. The Morgan fingerprint density at radius 3 is 2.71 bits per heavy atom. The maximum absolute atomic E-state index is 9.56. The largest absolute Gasteiger partial charge is 0.300 e. The highest BCUT2D eigenvalue weighted by Crippen LogP contribution is 2.37. The van der Waals surface area contributed by atoms with Gasteiger partial charge in [-0.2, -0.15) is 5.26 Å². The summed E-state index contributed by atoms with van der Waals surface area (Å²) in [5.41, 5.74) is -0.378. The van der Waals surface area contributed by atoms with Gasteiger partial charge in [0.15, 0.2) is 0 Å². The van der Waals surface area contributed by atoms with Gasteiger partial charge >= 0.3 is 0 Å². The second-order valence-electron chi connectivity index (χ2n) is 7.42. The molecule has 4 unspecified atom stereocenters. The van der Waals surface area contributed by atoms with Crippen molar-refractivity contribution in [3.63, 3.8) is 0 Å². The summed E-state index contributed by atoms with van der Waals surface area (Å²) >= 11 is 0. The van der Waals surface area contributed by atoms with Crippen molar-refractivity contribution in [2.45, 2.75) is 89.8 Å². The summed E-state index contributed by atoms with van der Waals surface area (Å²) in [6, 6.07) is 3.81. The Kier molecular flexibility index (Phi) is 6.08. The summed E-state index contributed by atoms with van der Waals surface area (Å²) in [6.45, 7) is 8.73. The van der Waals surface area contributed by atoms with E-state index < -0.39 is 0 Å². The number of fused-ring (bicyclic) bond motifs is 1. The Hall–Kier alpha value is -0.590. The van der Waals surface area contributed by atoms with Crippen molar-refractivity contribution in [3.8, 4) is 6.07 Å². The number of nitriles is 1. The molecule has 1 saturated carbocycles. The van der Waals surface area contributed by atoms with Crippen molar-refractivity contribution in [3.05, 3.63) is 0 Å². The molecule has 4 atom stereocenters. The third-order valence-electron chi connectivity index (χ3n) is 5.57. The topological polar surface area (TPSA) is 39.1 Å². The minimum absolute atomic E-state index is 0.378. The second kappa shape index (κ2) is 7.61. The third-order valence-corrected chi connectivity index (χ3v) is 5.57. The van der Waals surface area contributed by atoms with Gasteiger partial charge in [-0.25, -0.2) is 0 Å². The minimum Gasteiger partial charge on any atom is -0.300 e. The summed E-state index contributed by atoms with van der Waals surface area (Å²) in [5, 5.41) is 13.0. The lowest BCUT2D eigenvalue weighted by Crippen LogP contribution is -2.54. The highest BCUT2D eigenvalue weighted by Gasteiger charge is 2.37. The van der Waals surface area contributed by atoms with Crippen LogP contribution in [0.15, 0.2) is 0 Å². The van der Waals surface area contributed by atoms with Crippen LogP contribution in [-0.2, 0) is 0 Å². The predicted molar refractivity (Wildman–Crippen MR) is 88.1 cm³/mol. The number of nitrogens with one attached hydrogen (secondary N) is 1. The summed E-state index contributed by atoms with van der Waals surface area (Å²) in [4.78, 5) is 2.73. The van der Waals surface area contributed by atoms with Gasteiger partial charge in [-0.05, 0) is 71.4 Å². The average molecular weight is 291 g/mol. The zero-order valence-corrected chi connectivity index (χ0v) is 14.2. The number of rotatable bonds is 6. The second-order valence-corrected chi connectivity index (χ2v) is 7.42. The molecule has 1 N–H and O–H groups in total. The van der Waals surface area contributed by atoms with E-state index in [1.807, 2.05) is 0 Å². The van der Waals surface area contributed by atoms with E-state index in [0.717, 1.165) is 31.3 Å². The first-order valence-electron chi connectivity index (χ1n) is 9.01. The van der Waals surface area contributed by atoms with Crippen LogP contribution >= 0.6 is 0 Å². The van der Waals surface area contributed by atoms with Gasteiger partial charge in [0.05, 0.1) is 6.07 Å². The molecule has 21 heavy (non-hydrogen) atoms. The number of nitrogens with zero attached hydrogens (tertiary/aromatic N) is 2. The monoisotopic (exact) mass is 291 g/mol. The lowest BCUT2D eigenvalue weighted by atomic mass is 9.77. The molecule has 1 saturated heterocycles. The minimum atomic E-state index is -0.378. The zero-order valence-electron chi connectivity index (χ0n) is 14.2. The zero-order chi connectivity index (χ0) is 15.3. The summed E-state index contributed by atoms with van der Waals surface area (Å²) in [5.74, 6) is 0.923. The molecule has 2 rings (SSSR count). The van der Waals surface area contributed by atoms with Gasteiger partial charge in [-0.3, -0.25) is 10.2 Å². The SMILES string of the molecule is CCCNC(C)(C#N)CC(C)N1CCCC2CCCCC21. The number of hydrogen-bond acceptors (Lipinski definition) is 3. The van der Waals surface area contributed by atoms with Gasteiger partial charge in [0.1, 0.15) is 5.54 Å². The molecular formula is C18H33N3. The lowest BCUT2D eigenvalue weighted by molar-refractivity contribution is 0.0231. The Bertz CT molecular complexity index is 360. The molecule has 0 aromatic heterocycles. The number of likely N-dealkylation sites (tertiary alicyclic amines) is 1. The van der Waals surface area contributed by atoms with Crippen LogP contribution in [0.2, 0.25) is 0 Å². The first kappa shape index (κ1) is 16.8. The van der Waals surface area contributed by atoms with Crippen LogP contribution in [0.25, 0.3) is 0 Å². The van der Waals surface area contributed by atoms with Crippen molar-refractivity contribution in [1.82, 2.24) is 10.2 Å². The number of hydrogen-bond donors (Lipinski definition) is 1. The fraction of sp³-hybridized carbons (Fsp3) is 0.944. The first-order chi connectivity index (χ1) is 10.1. The van der Waals surface area contributed by atoms with E-state index in [1.54, 1.807) is 0 Å². The normalized spacial score (nSPS) is 31.0. The Balaban J connectivity index is 1.97. The summed E-state index contributed by atoms with van der Waals surface area (Å²) in [7, 11) is 0. The first-order valence-corrected chi connectivity index (χ1v) is 9.01. The standard InChI is InChI=1S/C18H33N3/c1-4-11-20-18(3,14-19)13-15(2)21-12-7-9-16-8-5-6-10-17(16)21/h15-17,20H,4-13H2,1-3H3. The van der Waals surface area contributed by atoms with Crippen molar-refractivity contribution in [1.29, 1.82) is 5.26 Å². The van der Waals surface area contributed by atoms with Gasteiger partial charge in [0.25, 0.3) is 0 Å². The molecule has 1 aliphatic carbocycles. The maximum Gasteiger partial charge on any atom is 0.105 e. The third kappa shape index (κ3) is 4.20. The number of piperidine rings is 1. The molecule has 2 aliphatic rings. The van der Waals surface area contributed by atoms with Gasteiger partial charge in [0.2, 0.25) is 0 Å². The molecule has 2 fully saturated rings. The van der Waals surface area contributed by atoms with Crippen LogP contribution in [0, 0.1) is 17.2 Å². The molecule has 0 amide bonds. The van der Waals surface area contributed by atoms with Gasteiger partial charge in [0, 0.05) is 12.1 Å². The Labute approximate surface area is 131 Å². The molecule has 0 aromatic rings. The van der Waals surface area contributed by atoms with E-state index in [2.05, 4.69) is 37.1 Å². The maximum atomic E-state index is 9.56. The summed E-state index contributed by atoms with van der Waals surface area (Å²) < 4.78 is 0. The smallest absolute Gasteiger partial charge is 0.105 e. The Morgan fingerprint density at radius 1 is 1.29 bits per heavy atom. The van der Waals surface area contributed by atoms with E-state index in [4.69, 9.17) is 0 Å². The van der Waals surface area contributed by atoms with Gasteiger partial charge < -0.3 is 0 Å². The van der Waals surface area contributed by atoms with Crippen molar-refractivity contribution >= 4 is 0 Å². The molecule has 120 valence electrons. The highest BCUT2D eigenvalue weighted by molar-refractivity contribution is 5.06. The quantitative estimate of drug-likeness (QED) is 0.811. The molecule has 1 aliphatic heterocycles. The summed E-state index contributed by atoms with van der Waals surface area (Å²) in [6.07, 6.45) is 10.4.